The first-order chi connectivity index (χ1) is 10.9. The molecule has 1 heterocycles. The van der Waals surface area contributed by atoms with Gasteiger partial charge in [0.25, 0.3) is 0 Å². The zero-order valence-electron chi connectivity index (χ0n) is 11.2. The van der Waals surface area contributed by atoms with Crippen molar-refractivity contribution in [1.29, 1.82) is 0 Å². The van der Waals surface area contributed by atoms with E-state index >= 15 is 0 Å². The van der Waals surface area contributed by atoms with Gasteiger partial charge in [0.1, 0.15) is 5.52 Å². The SMILES string of the molecule is Fc1ccc(CNc2nc3c(Br)c(Br)c(Br)c(Br)c3[nH]2)cc1F. The summed E-state index contributed by atoms with van der Waals surface area (Å²) in [6.07, 6.45) is 0. The number of nitrogens with zero attached hydrogens (tertiary/aromatic N) is 1. The zero-order chi connectivity index (χ0) is 16.7. The Morgan fingerprint density at radius 3 is 2.35 bits per heavy atom. The lowest BCUT2D eigenvalue weighted by molar-refractivity contribution is 0.507. The van der Waals surface area contributed by atoms with Crippen molar-refractivity contribution < 1.29 is 8.78 Å². The van der Waals surface area contributed by atoms with E-state index in [-0.39, 0.29) is 0 Å². The maximum absolute atomic E-state index is 13.2. The third-order valence-corrected chi connectivity index (χ3v) is 7.90. The van der Waals surface area contributed by atoms with Crippen molar-refractivity contribution in [3.63, 3.8) is 0 Å². The van der Waals surface area contributed by atoms with Gasteiger partial charge >= 0.3 is 0 Å². The van der Waals surface area contributed by atoms with Crippen LogP contribution in [0.3, 0.4) is 0 Å². The minimum atomic E-state index is -0.868. The van der Waals surface area contributed by atoms with Crippen LogP contribution in [-0.4, -0.2) is 9.97 Å². The molecule has 0 aliphatic rings. The number of H-pyrrole nitrogens is 1. The van der Waals surface area contributed by atoms with Crippen molar-refractivity contribution >= 4 is 80.7 Å². The molecule has 23 heavy (non-hydrogen) atoms. The van der Waals surface area contributed by atoms with Crippen molar-refractivity contribution in [3.05, 3.63) is 53.3 Å². The fourth-order valence-electron chi connectivity index (χ4n) is 2.02. The van der Waals surface area contributed by atoms with Crippen molar-refractivity contribution in [2.75, 3.05) is 5.32 Å². The number of nitrogens with one attached hydrogen (secondary N) is 2. The largest absolute Gasteiger partial charge is 0.352 e. The van der Waals surface area contributed by atoms with Gasteiger partial charge in [-0.15, -0.1) is 0 Å². The number of fused-ring (bicyclic) bond motifs is 1. The van der Waals surface area contributed by atoms with Crippen LogP contribution in [0.2, 0.25) is 0 Å². The molecule has 0 unspecified atom stereocenters. The van der Waals surface area contributed by atoms with Gasteiger partial charge in [-0.05, 0) is 81.4 Å². The van der Waals surface area contributed by atoms with Crippen LogP contribution in [-0.2, 0) is 6.54 Å². The second-order valence-corrected chi connectivity index (χ2v) is 7.84. The number of benzene rings is 2. The Kier molecular flexibility index (Phi) is 5.10. The standard InChI is InChI=1S/C14H7Br4F2N3/c15-8-9(16)11(18)13-12(10(8)17)22-14(23-13)21-4-5-1-2-6(19)7(20)3-5/h1-3H,4H2,(H2,21,22,23). The Bertz CT molecular complexity index is 866. The second kappa shape index (κ2) is 6.78. The number of aromatic amines is 1. The highest BCUT2D eigenvalue weighted by atomic mass is 79.9. The average molecular weight is 575 g/mol. The summed E-state index contributed by atoms with van der Waals surface area (Å²) in [6.45, 7) is 0.314. The van der Waals surface area contributed by atoms with Gasteiger partial charge in [-0.2, -0.15) is 0 Å². The van der Waals surface area contributed by atoms with E-state index in [1.165, 1.54) is 6.07 Å². The number of anilines is 1. The maximum atomic E-state index is 13.2. The molecule has 3 rings (SSSR count). The highest BCUT2D eigenvalue weighted by Crippen LogP contribution is 2.42. The van der Waals surface area contributed by atoms with Crippen LogP contribution < -0.4 is 5.32 Å². The molecule has 0 atom stereocenters. The lowest BCUT2D eigenvalue weighted by Crippen LogP contribution is -2.01. The summed E-state index contributed by atoms with van der Waals surface area (Å²) in [5.74, 6) is -1.21. The third kappa shape index (κ3) is 3.33. The number of hydrogen-bond donors (Lipinski definition) is 2. The van der Waals surface area contributed by atoms with Crippen LogP contribution in [0.25, 0.3) is 11.0 Å². The van der Waals surface area contributed by atoms with Gasteiger partial charge in [0.05, 0.1) is 14.5 Å². The van der Waals surface area contributed by atoms with Gasteiger partial charge in [-0.1, -0.05) is 6.07 Å². The molecule has 0 radical (unpaired) electrons. The number of halogens is 6. The number of imidazole rings is 1. The molecular weight excluding hydrogens is 568 g/mol. The maximum Gasteiger partial charge on any atom is 0.201 e. The molecular formula is C14H7Br4F2N3. The lowest BCUT2D eigenvalue weighted by atomic mass is 10.2. The predicted octanol–water partition coefficient (Wildman–Crippen LogP) is 6.50. The average Bonchev–Trinajstić information content (AvgIpc) is 2.96. The van der Waals surface area contributed by atoms with Gasteiger partial charge in [0.2, 0.25) is 5.95 Å². The van der Waals surface area contributed by atoms with Crippen LogP contribution in [0.15, 0.2) is 36.1 Å². The summed E-state index contributed by atoms with van der Waals surface area (Å²) in [7, 11) is 0. The minimum Gasteiger partial charge on any atom is -0.352 e. The van der Waals surface area contributed by atoms with Crippen LogP contribution >= 0.6 is 63.7 Å². The molecule has 2 aromatic carbocycles. The molecule has 0 bridgehead atoms. The van der Waals surface area contributed by atoms with Crippen LogP contribution in [0, 0.1) is 11.6 Å². The summed E-state index contributed by atoms with van der Waals surface area (Å²) in [4.78, 5) is 7.62. The third-order valence-electron chi connectivity index (χ3n) is 3.15. The molecule has 2 N–H and O–H groups in total. The van der Waals surface area contributed by atoms with Gasteiger partial charge in [-0.25, -0.2) is 13.8 Å². The Balaban J connectivity index is 1.91. The molecule has 1 aromatic heterocycles. The van der Waals surface area contributed by atoms with Crippen molar-refractivity contribution in [2.45, 2.75) is 6.54 Å². The first kappa shape index (κ1) is 17.3. The normalized spacial score (nSPS) is 11.2. The van der Waals surface area contributed by atoms with E-state index in [0.717, 1.165) is 41.1 Å². The fourth-order valence-corrected chi connectivity index (χ4v) is 4.30. The molecule has 3 nitrogen and oxygen atoms in total. The molecule has 0 fully saturated rings. The topological polar surface area (TPSA) is 40.7 Å². The monoisotopic (exact) mass is 571 g/mol. The lowest BCUT2D eigenvalue weighted by Gasteiger charge is -2.03. The van der Waals surface area contributed by atoms with Crippen LogP contribution in [0.4, 0.5) is 14.7 Å². The van der Waals surface area contributed by atoms with Gasteiger partial charge in [-0.3, -0.25) is 0 Å². The molecule has 120 valence electrons. The highest BCUT2D eigenvalue weighted by molar-refractivity contribution is 9.15. The zero-order valence-corrected chi connectivity index (χ0v) is 17.5. The molecule has 0 aliphatic heterocycles. The second-order valence-electron chi connectivity index (χ2n) is 4.67. The van der Waals surface area contributed by atoms with Crippen LogP contribution in [0.5, 0.6) is 0 Å². The molecule has 0 spiro atoms. The predicted molar refractivity (Wildman–Crippen MR) is 101 cm³/mol. The van der Waals surface area contributed by atoms with Crippen molar-refractivity contribution in [1.82, 2.24) is 9.97 Å². The molecule has 0 aliphatic carbocycles. The van der Waals surface area contributed by atoms with Gasteiger partial charge in [0, 0.05) is 15.5 Å². The quantitative estimate of drug-likeness (QED) is 0.277. The summed E-state index contributed by atoms with van der Waals surface area (Å²) in [6, 6.07) is 3.78. The van der Waals surface area contributed by atoms with Gasteiger partial charge in [0.15, 0.2) is 11.6 Å². The Hall–Kier alpha value is -0.510. The Labute approximate surface area is 163 Å². The summed E-state index contributed by atoms with van der Waals surface area (Å²) in [5.41, 5.74) is 2.16. The van der Waals surface area contributed by atoms with E-state index in [1.54, 1.807) is 0 Å². The summed E-state index contributed by atoms with van der Waals surface area (Å²) in [5, 5.41) is 3.06. The number of rotatable bonds is 3. The van der Waals surface area contributed by atoms with E-state index in [4.69, 9.17) is 0 Å². The highest BCUT2D eigenvalue weighted by Gasteiger charge is 2.17. The van der Waals surface area contributed by atoms with Gasteiger partial charge < -0.3 is 10.3 Å². The van der Waals surface area contributed by atoms with E-state index < -0.39 is 11.6 Å². The number of hydrogen-bond acceptors (Lipinski definition) is 2. The van der Waals surface area contributed by atoms with Crippen molar-refractivity contribution in [2.24, 2.45) is 0 Å². The van der Waals surface area contributed by atoms with Crippen molar-refractivity contribution in [3.8, 4) is 0 Å². The van der Waals surface area contributed by atoms with Crippen LogP contribution in [0.1, 0.15) is 5.56 Å². The van der Waals surface area contributed by atoms with E-state index in [2.05, 4.69) is 79.0 Å². The Morgan fingerprint density at radius 2 is 1.65 bits per heavy atom. The first-order valence-electron chi connectivity index (χ1n) is 6.28. The molecule has 0 saturated carbocycles. The summed E-state index contributed by atoms with van der Waals surface area (Å²) < 4.78 is 29.5. The Morgan fingerprint density at radius 1 is 0.957 bits per heavy atom. The molecule has 9 heteroatoms. The number of aromatic nitrogens is 2. The smallest absolute Gasteiger partial charge is 0.201 e. The summed E-state index contributed by atoms with van der Waals surface area (Å²) >= 11 is 14.0. The van der Waals surface area contributed by atoms with E-state index in [0.29, 0.717) is 18.1 Å². The van der Waals surface area contributed by atoms with E-state index in [1.807, 2.05) is 0 Å². The molecule has 0 saturated heterocycles. The van der Waals surface area contributed by atoms with E-state index in [9.17, 15) is 8.78 Å². The molecule has 0 amide bonds. The molecule has 3 aromatic rings. The minimum absolute atomic E-state index is 0.314. The first-order valence-corrected chi connectivity index (χ1v) is 9.45. The fraction of sp³-hybridized carbons (Fsp3) is 0.0714.